The third-order valence-corrected chi connectivity index (χ3v) is 3.16. The molecule has 0 aliphatic rings. The molecule has 0 fully saturated rings. The van der Waals surface area contributed by atoms with Crippen molar-refractivity contribution in [2.75, 3.05) is 25.0 Å². The van der Waals surface area contributed by atoms with Gasteiger partial charge < -0.3 is 10.2 Å². The molecule has 0 spiro atoms. The minimum atomic E-state index is 0.421. The van der Waals surface area contributed by atoms with Crippen molar-refractivity contribution < 1.29 is 0 Å². The number of nitrogens with zero attached hydrogens (tertiary/aromatic N) is 1. The number of anilines is 1. The maximum absolute atomic E-state index is 3.26. The Morgan fingerprint density at radius 1 is 1.12 bits per heavy atom. The van der Waals surface area contributed by atoms with Gasteiger partial charge in [0.05, 0.1) is 0 Å². The van der Waals surface area contributed by atoms with Gasteiger partial charge in [-0.15, -0.1) is 0 Å². The lowest BCUT2D eigenvalue weighted by Gasteiger charge is -2.25. The average Bonchev–Trinajstić information content (AvgIpc) is 2.35. The maximum Gasteiger partial charge on any atom is 0.0366 e. The van der Waals surface area contributed by atoms with Crippen LogP contribution in [0, 0.1) is 5.92 Å². The first-order valence-corrected chi connectivity index (χ1v) is 6.60. The van der Waals surface area contributed by atoms with E-state index in [0.29, 0.717) is 12.0 Å². The molecule has 0 aromatic heterocycles. The molecule has 1 aromatic carbocycles. The van der Waals surface area contributed by atoms with Crippen molar-refractivity contribution in [2.45, 2.75) is 33.7 Å². The summed E-state index contributed by atoms with van der Waals surface area (Å²) in [6, 6.07) is 9.33. The third-order valence-electron chi connectivity index (χ3n) is 3.16. The lowest BCUT2D eigenvalue weighted by atomic mass is 10.1. The van der Waals surface area contributed by atoms with Crippen LogP contribution in [0.4, 0.5) is 5.69 Å². The molecule has 1 rings (SSSR count). The van der Waals surface area contributed by atoms with Crippen molar-refractivity contribution in [3.05, 3.63) is 29.8 Å². The second-order valence-electron chi connectivity index (χ2n) is 5.03. The highest BCUT2D eigenvalue weighted by Crippen LogP contribution is 2.19. The number of hydrogen-bond acceptors (Lipinski definition) is 2. The topological polar surface area (TPSA) is 15.3 Å². The molecule has 0 bridgehead atoms. The van der Waals surface area contributed by atoms with Crippen molar-refractivity contribution in [2.24, 2.45) is 5.92 Å². The Kier molecular flexibility index (Phi) is 5.49. The van der Waals surface area contributed by atoms with Crippen LogP contribution < -0.4 is 10.2 Å². The molecular formula is C15H26N2. The van der Waals surface area contributed by atoms with Gasteiger partial charge in [0, 0.05) is 24.8 Å². The Morgan fingerprint density at radius 2 is 1.71 bits per heavy atom. The quantitative estimate of drug-likeness (QED) is 0.811. The first-order valence-electron chi connectivity index (χ1n) is 6.60. The van der Waals surface area contributed by atoms with Crippen molar-refractivity contribution >= 4 is 5.69 Å². The van der Waals surface area contributed by atoms with Gasteiger partial charge in [0.25, 0.3) is 0 Å². The molecule has 0 saturated heterocycles. The Labute approximate surface area is 106 Å². The van der Waals surface area contributed by atoms with Crippen molar-refractivity contribution in [1.82, 2.24) is 5.32 Å². The third kappa shape index (κ3) is 4.04. The average molecular weight is 234 g/mol. The number of hydrogen-bond donors (Lipinski definition) is 1. The minimum Gasteiger partial charge on any atom is -0.372 e. The second-order valence-corrected chi connectivity index (χ2v) is 5.03. The molecule has 0 amide bonds. The van der Waals surface area contributed by atoms with Gasteiger partial charge in [0.2, 0.25) is 0 Å². The van der Waals surface area contributed by atoms with Crippen LogP contribution in [0.25, 0.3) is 0 Å². The summed E-state index contributed by atoms with van der Waals surface area (Å²) in [6.07, 6.45) is 0. The molecule has 0 aliphatic carbocycles. The van der Waals surface area contributed by atoms with Crippen LogP contribution in [0.3, 0.4) is 0 Å². The van der Waals surface area contributed by atoms with Crippen LogP contribution >= 0.6 is 0 Å². The first-order chi connectivity index (χ1) is 8.08. The molecular weight excluding hydrogens is 208 g/mol. The van der Waals surface area contributed by atoms with E-state index in [9.17, 15) is 0 Å². The van der Waals surface area contributed by atoms with Gasteiger partial charge in [0.1, 0.15) is 0 Å². The molecule has 1 atom stereocenters. The standard InChI is InChI=1S/C15H26N2/c1-6-17(11-12(2)3)15-9-7-14(8-10-15)13(4)16-5/h7-10,12-13,16H,6,11H2,1-5H3. The molecule has 0 saturated carbocycles. The molecule has 1 aromatic rings. The highest BCUT2D eigenvalue weighted by molar-refractivity contribution is 5.48. The zero-order chi connectivity index (χ0) is 12.8. The summed E-state index contributed by atoms with van der Waals surface area (Å²) in [5.41, 5.74) is 2.67. The smallest absolute Gasteiger partial charge is 0.0366 e. The fraction of sp³-hybridized carbons (Fsp3) is 0.600. The highest BCUT2D eigenvalue weighted by Gasteiger charge is 2.07. The second kappa shape index (κ2) is 6.65. The summed E-state index contributed by atoms with van der Waals surface area (Å²) < 4.78 is 0. The summed E-state index contributed by atoms with van der Waals surface area (Å²) in [5, 5.41) is 3.26. The number of rotatable bonds is 6. The van der Waals surface area contributed by atoms with E-state index in [1.807, 2.05) is 7.05 Å². The first kappa shape index (κ1) is 14.0. The highest BCUT2D eigenvalue weighted by atomic mass is 15.1. The van der Waals surface area contributed by atoms with Crippen molar-refractivity contribution in [1.29, 1.82) is 0 Å². The van der Waals surface area contributed by atoms with Gasteiger partial charge in [0.15, 0.2) is 0 Å². The normalized spacial score (nSPS) is 12.8. The van der Waals surface area contributed by atoms with E-state index in [4.69, 9.17) is 0 Å². The van der Waals surface area contributed by atoms with E-state index in [0.717, 1.165) is 13.1 Å². The lowest BCUT2D eigenvalue weighted by Crippen LogP contribution is -2.27. The summed E-state index contributed by atoms with van der Waals surface area (Å²) in [7, 11) is 2.00. The fourth-order valence-electron chi connectivity index (χ4n) is 2.00. The van der Waals surface area contributed by atoms with Crippen LogP contribution in [0.2, 0.25) is 0 Å². The summed E-state index contributed by atoms with van der Waals surface area (Å²) in [4.78, 5) is 2.43. The van der Waals surface area contributed by atoms with E-state index in [1.54, 1.807) is 0 Å². The molecule has 1 unspecified atom stereocenters. The minimum absolute atomic E-state index is 0.421. The van der Waals surface area contributed by atoms with E-state index >= 15 is 0 Å². The van der Waals surface area contributed by atoms with Crippen LogP contribution in [-0.2, 0) is 0 Å². The summed E-state index contributed by atoms with van der Waals surface area (Å²) in [5.74, 6) is 0.700. The van der Waals surface area contributed by atoms with Gasteiger partial charge in [-0.05, 0) is 44.5 Å². The molecule has 0 heterocycles. The van der Waals surface area contributed by atoms with Crippen molar-refractivity contribution in [3.63, 3.8) is 0 Å². The van der Waals surface area contributed by atoms with Gasteiger partial charge in [-0.25, -0.2) is 0 Å². The zero-order valence-electron chi connectivity index (χ0n) is 11.8. The van der Waals surface area contributed by atoms with Gasteiger partial charge >= 0.3 is 0 Å². The fourth-order valence-corrected chi connectivity index (χ4v) is 2.00. The summed E-state index contributed by atoms with van der Waals surface area (Å²) >= 11 is 0. The van der Waals surface area contributed by atoms with E-state index in [1.165, 1.54) is 11.3 Å². The predicted molar refractivity (Wildman–Crippen MR) is 76.6 cm³/mol. The van der Waals surface area contributed by atoms with E-state index < -0.39 is 0 Å². The predicted octanol–water partition coefficient (Wildman–Crippen LogP) is 3.45. The largest absolute Gasteiger partial charge is 0.372 e. The molecule has 96 valence electrons. The Bertz CT molecular complexity index is 316. The van der Waals surface area contributed by atoms with E-state index in [2.05, 4.69) is 62.2 Å². The maximum atomic E-state index is 3.26. The van der Waals surface area contributed by atoms with Crippen LogP contribution in [-0.4, -0.2) is 20.1 Å². The Balaban J connectivity index is 2.77. The van der Waals surface area contributed by atoms with Crippen molar-refractivity contribution in [3.8, 4) is 0 Å². The SMILES string of the molecule is CCN(CC(C)C)c1ccc(C(C)NC)cc1. The van der Waals surface area contributed by atoms with Gasteiger partial charge in [-0.3, -0.25) is 0 Å². The zero-order valence-corrected chi connectivity index (χ0v) is 11.8. The Morgan fingerprint density at radius 3 is 2.12 bits per heavy atom. The van der Waals surface area contributed by atoms with Gasteiger partial charge in [-0.1, -0.05) is 26.0 Å². The Hall–Kier alpha value is -1.02. The van der Waals surface area contributed by atoms with E-state index in [-0.39, 0.29) is 0 Å². The number of benzene rings is 1. The molecule has 0 radical (unpaired) electrons. The van der Waals surface area contributed by atoms with Crippen LogP contribution in [0.15, 0.2) is 24.3 Å². The van der Waals surface area contributed by atoms with Crippen LogP contribution in [0.5, 0.6) is 0 Å². The lowest BCUT2D eigenvalue weighted by molar-refractivity contribution is 0.618. The molecule has 0 aliphatic heterocycles. The van der Waals surface area contributed by atoms with Crippen LogP contribution in [0.1, 0.15) is 39.3 Å². The molecule has 1 N–H and O–H groups in total. The summed E-state index contributed by atoms with van der Waals surface area (Å²) in [6.45, 7) is 11.1. The van der Waals surface area contributed by atoms with Gasteiger partial charge in [-0.2, -0.15) is 0 Å². The number of nitrogens with one attached hydrogen (secondary N) is 1. The monoisotopic (exact) mass is 234 g/mol. The molecule has 2 nitrogen and oxygen atoms in total. The molecule has 2 heteroatoms. The molecule has 17 heavy (non-hydrogen) atoms.